The highest BCUT2D eigenvalue weighted by atomic mass is 16.5. The van der Waals surface area contributed by atoms with E-state index in [0.717, 1.165) is 64.4 Å². The summed E-state index contributed by atoms with van der Waals surface area (Å²) in [6, 6.07) is 8.22. The van der Waals surface area contributed by atoms with Crippen LogP contribution in [0.5, 0.6) is 5.75 Å². The van der Waals surface area contributed by atoms with Crippen LogP contribution >= 0.6 is 0 Å². The van der Waals surface area contributed by atoms with Gasteiger partial charge < -0.3 is 24.7 Å². The number of amides is 1. The monoisotopic (exact) mass is 523 g/mol. The minimum Gasteiger partial charge on any atom is -0.490 e. The molecule has 1 atom stereocenters. The van der Waals surface area contributed by atoms with E-state index in [1.54, 1.807) is 0 Å². The molecular weight excluding hydrogens is 482 g/mol. The molecule has 1 unspecified atom stereocenters. The SMILES string of the molecule is CCc1cc(-c2nc(-c3cc(C)nc(C(CC)CC)c3)oc2CC)cc(C)c1OCC(O)CNC(=O)CO. The molecule has 0 radical (unpaired) electrons. The third kappa shape index (κ3) is 6.99. The zero-order valence-electron chi connectivity index (χ0n) is 23.4. The van der Waals surface area contributed by atoms with E-state index in [4.69, 9.17) is 24.2 Å². The van der Waals surface area contributed by atoms with E-state index in [-0.39, 0.29) is 13.2 Å². The van der Waals surface area contributed by atoms with Gasteiger partial charge in [-0.05, 0) is 68.5 Å². The molecule has 1 amide bonds. The molecule has 0 fully saturated rings. The number of rotatable bonds is 13. The van der Waals surface area contributed by atoms with Gasteiger partial charge in [0.2, 0.25) is 11.8 Å². The lowest BCUT2D eigenvalue weighted by Crippen LogP contribution is -2.36. The van der Waals surface area contributed by atoms with Crippen LogP contribution in [0.2, 0.25) is 0 Å². The first-order valence-corrected chi connectivity index (χ1v) is 13.5. The quantitative estimate of drug-likeness (QED) is 0.292. The van der Waals surface area contributed by atoms with Gasteiger partial charge in [0.25, 0.3) is 0 Å². The number of pyridine rings is 1. The van der Waals surface area contributed by atoms with Crippen molar-refractivity contribution < 1.29 is 24.2 Å². The minimum absolute atomic E-state index is 0.00696. The largest absolute Gasteiger partial charge is 0.490 e. The van der Waals surface area contributed by atoms with Crippen LogP contribution < -0.4 is 10.1 Å². The van der Waals surface area contributed by atoms with Crippen LogP contribution in [0.4, 0.5) is 0 Å². The second kappa shape index (κ2) is 13.5. The number of hydrogen-bond donors (Lipinski definition) is 3. The maximum absolute atomic E-state index is 11.2. The van der Waals surface area contributed by atoms with Crippen molar-refractivity contribution in [2.24, 2.45) is 0 Å². The van der Waals surface area contributed by atoms with Gasteiger partial charge in [-0.25, -0.2) is 4.98 Å². The Hall–Kier alpha value is -3.23. The molecule has 0 bridgehead atoms. The maximum Gasteiger partial charge on any atom is 0.245 e. The van der Waals surface area contributed by atoms with E-state index in [1.807, 2.05) is 26.0 Å². The number of ether oxygens (including phenoxy) is 1. The number of aliphatic hydroxyl groups excluding tert-OH is 2. The van der Waals surface area contributed by atoms with Gasteiger partial charge in [-0.1, -0.05) is 27.7 Å². The van der Waals surface area contributed by atoms with Crippen LogP contribution in [0.1, 0.15) is 74.7 Å². The van der Waals surface area contributed by atoms with Crippen molar-refractivity contribution in [1.29, 1.82) is 0 Å². The summed E-state index contributed by atoms with van der Waals surface area (Å²) in [6.45, 7) is 11.9. The number of hydrogen-bond acceptors (Lipinski definition) is 7. The van der Waals surface area contributed by atoms with Gasteiger partial charge in [0, 0.05) is 41.4 Å². The predicted molar refractivity (Wildman–Crippen MR) is 148 cm³/mol. The summed E-state index contributed by atoms with van der Waals surface area (Å²) in [5, 5.41) is 21.4. The van der Waals surface area contributed by atoms with Gasteiger partial charge >= 0.3 is 0 Å². The highest BCUT2D eigenvalue weighted by Gasteiger charge is 2.20. The number of aryl methyl sites for hydroxylation is 4. The molecule has 2 heterocycles. The second-order valence-electron chi connectivity index (χ2n) is 9.64. The number of nitrogens with zero attached hydrogens (tertiary/aromatic N) is 2. The van der Waals surface area contributed by atoms with Crippen molar-refractivity contribution in [2.45, 2.75) is 79.2 Å². The molecule has 2 aromatic heterocycles. The first kappa shape index (κ1) is 29.3. The number of carbonyl (C=O) groups excluding carboxylic acids is 1. The number of benzene rings is 1. The Morgan fingerprint density at radius 2 is 1.76 bits per heavy atom. The van der Waals surface area contributed by atoms with Crippen molar-refractivity contribution >= 4 is 5.91 Å². The van der Waals surface area contributed by atoms with Crippen LogP contribution in [0.15, 0.2) is 28.7 Å². The number of nitrogens with one attached hydrogen (secondary N) is 1. The van der Waals surface area contributed by atoms with Gasteiger partial charge in [0.15, 0.2) is 0 Å². The summed E-state index contributed by atoms with van der Waals surface area (Å²) < 4.78 is 12.2. The fourth-order valence-electron chi connectivity index (χ4n) is 4.65. The number of oxazole rings is 1. The summed E-state index contributed by atoms with van der Waals surface area (Å²) in [5.74, 6) is 2.00. The van der Waals surface area contributed by atoms with Crippen LogP contribution in [-0.2, 0) is 17.6 Å². The topological polar surface area (TPSA) is 118 Å². The van der Waals surface area contributed by atoms with Gasteiger partial charge in [-0.15, -0.1) is 0 Å². The van der Waals surface area contributed by atoms with Crippen molar-refractivity contribution in [3.05, 3.63) is 52.5 Å². The summed E-state index contributed by atoms with van der Waals surface area (Å²) in [7, 11) is 0. The number of aromatic nitrogens is 2. The highest BCUT2D eigenvalue weighted by Crippen LogP contribution is 2.35. The fourth-order valence-corrected chi connectivity index (χ4v) is 4.65. The summed E-state index contributed by atoms with van der Waals surface area (Å²) >= 11 is 0. The summed E-state index contributed by atoms with van der Waals surface area (Å²) in [5.41, 5.74) is 6.66. The molecule has 0 saturated heterocycles. The molecule has 8 nitrogen and oxygen atoms in total. The lowest BCUT2D eigenvalue weighted by Gasteiger charge is -2.18. The zero-order valence-corrected chi connectivity index (χ0v) is 23.4. The average Bonchev–Trinajstić information content (AvgIpc) is 3.35. The molecule has 0 aliphatic carbocycles. The molecular formula is C30H41N3O5. The first-order valence-electron chi connectivity index (χ1n) is 13.5. The normalized spacial score (nSPS) is 12.1. The second-order valence-corrected chi connectivity index (χ2v) is 9.64. The molecule has 3 aromatic rings. The molecule has 0 saturated carbocycles. The molecule has 3 rings (SSSR count). The third-order valence-electron chi connectivity index (χ3n) is 6.75. The number of aliphatic hydroxyl groups is 2. The van der Waals surface area contributed by atoms with Crippen LogP contribution in [-0.4, -0.2) is 52.0 Å². The molecule has 206 valence electrons. The Morgan fingerprint density at radius 3 is 2.39 bits per heavy atom. The molecule has 3 N–H and O–H groups in total. The van der Waals surface area contributed by atoms with Gasteiger partial charge in [0.05, 0.1) is 0 Å². The van der Waals surface area contributed by atoms with Crippen molar-refractivity contribution in [1.82, 2.24) is 15.3 Å². The summed E-state index contributed by atoms with van der Waals surface area (Å²) in [4.78, 5) is 20.9. The standard InChI is InChI=1S/C30H41N3O5/c1-7-20(8-2)25-14-23(12-19(6)32-25)30-33-28(26(10-4)38-30)22-11-18(5)29(21(9-3)13-22)37-17-24(35)15-31-27(36)16-34/h11-14,20,24,34-35H,7-10,15-17H2,1-6H3,(H,31,36). The van der Waals surface area contributed by atoms with Crippen LogP contribution in [0.25, 0.3) is 22.7 Å². The van der Waals surface area contributed by atoms with Gasteiger partial charge in [0.1, 0.15) is 36.5 Å². The van der Waals surface area contributed by atoms with E-state index < -0.39 is 18.6 Å². The Labute approximate surface area is 225 Å². The van der Waals surface area contributed by atoms with Crippen LogP contribution in [0, 0.1) is 13.8 Å². The molecule has 1 aromatic carbocycles. The Bertz CT molecular complexity index is 1230. The van der Waals surface area contributed by atoms with Crippen LogP contribution in [0.3, 0.4) is 0 Å². The molecule has 0 spiro atoms. The van der Waals surface area contributed by atoms with Crippen molar-refractivity contribution in [3.63, 3.8) is 0 Å². The average molecular weight is 524 g/mol. The fraction of sp³-hybridized carbons (Fsp3) is 0.500. The summed E-state index contributed by atoms with van der Waals surface area (Å²) in [6.07, 6.45) is 2.61. The molecule has 0 aliphatic rings. The molecule has 8 heteroatoms. The maximum atomic E-state index is 11.2. The van der Waals surface area contributed by atoms with Gasteiger partial charge in [-0.2, -0.15) is 0 Å². The van der Waals surface area contributed by atoms with E-state index in [0.29, 0.717) is 24.0 Å². The third-order valence-corrected chi connectivity index (χ3v) is 6.75. The minimum atomic E-state index is -0.896. The van der Waals surface area contributed by atoms with E-state index in [9.17, 15) is 9.90 Å². The van der Waals surface area contributed by atoms with Crippen molar-refractivity contribution in [2.75, 3.05) is 19.8 Å². The smallest absolute Gasteiger partial charge is 0.245 e. The number of carbonyl (C=O) groups is 1. The van der Waals surface area contributed by atoms with Gasteiger partial charge in [-0.3, -0.25) is 9.78 Å². The van der Waals surface area contributed by atoms with E-state index in [2.05, 4.69) is 45.1 Å². The van der Waals surface area contributed by atoms with Crippen molar-refractivity contribution in [3.8, 4) is 28.5 Å². The highest BCUT2D eigenvalue weighted by molar-refractivity contribution is 5.76. The van der Waals surface area contributed by atoms with E-state index >= 15 is 0 Å². The molecule has 38 heavy (non-hydrogen) atoms. The lowest BCUT2D eigenvalue weighted by atomic mass is 9.97. The first-order chi connectivity index (χ1) is 18.2. The zero-order chi connectivity index (χ0) is 27.8. The predicted octanol–water partition coefficient (Wildman–Crippen LogP) is 4.90. The lowest BCUT2D eigenvalue weighted by molar-refractivity contribution is -0.124. The molecule has 0 aliphatic heterocycles. The Morgan fingerprint density at radius 1 is 1.03 bits per heavy atom. The van der Waals surface area contributed by atoms with E-state index in [1.165, 1.54) is 0 Å². The Balaban J connectivity index is 1.91. The Kier molecular flexibility index (Phi) is 10.4.